The van der Waals surface area contributed by atoms with Gasteiger partial charge in [0.25, 0.3) is 0 Å². The summed E-state index contributed by atoms with van der Waals surface area (Å²) >= 11 is 0. The van der Waals surface area contributed by atoms with Crippen LogP contribution in [0.1, 0.15) is 90.9 Å². The molecule has 2 unspecified atom stereocenters. The van der Waals surface area contributed by atoms with Crippen molar-refractivity contribution < 1.29 is 4.74 Å². The Morgan fingerprint density at radius 2 is 1.50 bits per heavy atom. The number of unbranched alkanes of at least 4 members (excludes halogenated alkanes) is 9. The molecule has 1 fully saturated rings. The maximum absolute atomic E-state index is 6.00. The van der Waals surface area contributed by atoms with Crippen LogP contribution in [-0.4, -0.2) is 25.3 Å². The Morgan fingerprint density at radius 1 is 0.900 bits per heavy atom. The molecule has 1 N–H and O–H groups in total. The van der Waals surface area contributed by atoms with Crippen LogP contribution < -0.4 is 5.32 Å². The molecule has 2 atom stereocenters. The Morgan fingerprint density at radius 3 is 2.10 bits per heavy atom. The third-order valence-corrected chi connectivity index (χ3v) is 4.52. The molecule has 0 bridgehead atoms. The standard InChI is InChI=1S/C18H37NO/c1-3-4-5-6-7-8-9-10-11-12-16-20-18-14-13-15-19-17(18)2/h17-19H,3-16H2,1-2H3. The third kappa shape index (κ3) is 8.97. The molecular formula is C18H37NO. The van der Waals surface area contributed by atoms with Crippen LogP contribution in [0.2, 0.25) is 0 Å². The van der Waals surface area contributed by atoms with Crippen molar-refractivity contribution in [2.75, 3.05) is 13.2 Å². The van der Waals surface area contributed by atoms with Gasteiger partial charge in [-0.15, -0.1) is 0 Å². The van der Waals surface area contributed by atoms with Gasteiger partial charge in [0.05, 0.1) is 6.10 Å². The molecule has 2 heteroatoms. The Kier molecular flexibility index (Phi) is 11.4. The Balaban J connectivity index is 1.78. The summed E-state index contributed by atoms with van der Waals surface area (Å²) in [5.74, 6) is 0. The van der Waals surface area contributed by atoms with E-state index < -0.39 is 0 Å². The molecular weight excluding hydrogens is 246 g/mol. The first-order chi connectivity index (χ1) is 9.84. The molecule has 0 aromatic rings. The van der Waals surface area contributed by atoms with Gasteiger partial charge in [-0.25, -0.2) is 0 Å². The van der Waals surface area contributed by atoms with E-state index in [1.54, 1.807) is 0 Å². The zero-order valence-corrected chi connectivity index (χ0v) is 14.0. The minimum atomic E-state index is 0.460. The van der Waals surface area contributed by atoms with E-state index in [1.165, 1.54) is 83.6 Å². The summed E-state index contributed by atoms with van der Waals surface area (Å²) in [7, 11) is 0. The fourth-order valence-corrected chi connectivity index (χ4v) is 3.07. The topological polar surface area (TPSA) is 21.3 Å². The lowest BCUT2D eigenvalue weighted by Crippen LogP contribution is -2.44. The summed E-state index contributed by atoms with van der Waals surface area (Å²) in [6.07, 6.45) is 16.9. The van der Waals surface area contributed by atoms with Crippen LogP contribution in [0.3, 0.4) is 0 Å². The smallest absolute Gasteiger partial charge is 0.0725 e. The van der Waals surface area contributed by atoms with E-state index >= 15 is 0 Å². The number of piperidine rings is 1. The lowest BCUT2D eigenvalue weighted by Gasteiger charge is -2.29. The van der Waals surface area contributed by atoms with Crippen molar-refractivity contribution in [3.63, 3.8) is 0 Å². The highest BCUT2D eigenvalue weighted by Crippen LogP contribution is 2.14. The predicted molar refractivity (Wildman–Crippen MR) is 88.3 cm³/mol. The predicted octanol–water partition coefficient (Wildman–Crippen LogP) is 5.06. The monoisotopic (exact) mass is 283 g/mol. The molecule has 2 nitrogen and oxygen atoms in total. The van der Waals surface area contributed by atoms with Gasteiger partial charge in [0, 0.05) is 12.6 Å². The van der Waals surface area contributed by atoms with Gasteiger partial charge in [-0.3, -0.25) is 0 Å². The van der Waals surface area contributed by atoms with Crippen molar-refractivity contribution >= 4 is 0 Å². The van der Waals surface area contributed by atoms with Crippen molar-refractivity contribution in [3.05, 3.63) is 0 Å². The van der Waals surface area contributed by atoms with Crippen molar-refractivity contribution in [1.29, 1.82) is 0 Å². The van der Waals surface area contributed by atoms with E-state index in [-0.39, 0.29) is 0 Å². The van der Waals surface area contributed by atoms with Crippen LogP contribution in [0.4, 0.5) is 0 Å². The Bertz CT molecular complexity index is 208. The first-order valence-electron chi connectivity index (χ1n) is 9.19. The maximum Gasteiger partial charge on any atom is 0.0725 e. The third-order valence-electron chi connectivity index (χ3n) is 4.52. The van der Waals surface area contributed by atoms with Crippen LogP contribution in [-0.2, 0) is 4.74 Å². The maximum atomic E-state index is 6.00. The van der Waals surface area contributed by atoms with Gasteiger partial charge >= 0.3 is 0 Å². The molecule has 0 saturated carbocycles. The van der Waals surface area contributed by atoms with E-state index in [2.05, 4.69) is 19.2 Å². The van der Waals surface area contributed by atoms with E-state index in [1.807, 2.05) is 0 Å². The van der Waals surface area contributed by atoms with Gasteiger partial charge < -0.3 is 10.1 Å². The molecule has 1 heterocycles. The van der Waals surface area contributed by atoms with Gasteiger partial charge in [0.15, 0.2) is 0 Å². The summed E-state index contributed by atoms with van der Waals surface area (Å²) in [5.41, 5.74) is 0. The first-order valence-corrected chi connectivity index (χ1v) is 9.19. The summed E-state index contributed by atoms with van der Waals surface area (Å²) in [5, 5.41) is 3.50. The van der Waals surface area contributed by atoms with Crippen LogP contribution in [0, 0.1) is 0 Å². The average Bonchev–Trinajstić information content (AvgIpc) is 2.46. The molecule has 0 spiro atoms. The quantitative estimate of drug-likeness (QED) is 0.505. The fourth-order valence-electron chi connectivity index (χ4n) is 3.07. The number of hydrogen-bond acceptors (Lipinski definition) is 2. The second kappa shape index (κ2) is 12.6. The minimum absolute atomic E-state index is 0.460. The highest BCUT2D eigenvalue weighted by molar-refractivity contribution is 4.77. The zero-order chi connectivity index (χ0) is 14.5. The van der Waals surface area contributed by atoms with Gasteiger partial charge in [0.1, 0.15) is 0 Å². The van der Waals surface area contributed by atoms with Crippen molar-refractivity contribution in [2.45, 2.75) is 103 Å². The molecule has 0 amide bonds. The average molecular weight is 283 g/mol. The molecule has 1 rings (SSSR count). The molecule has 1 aliphatic rings. The van der Waals surface area contributed by atoms with Gasteiger partial charge in [-0.1, -0.05) is 64.7 Å². The fraction of sp³-hybridized carbons (Fsp3) is 1.00. The lowest BCUT2D eigenvalue weighted by atomic mass is 10.0. The largest absolute Gasteiger partial charge is 0.377 e. The molecule has 0 aromatic heterocycles. The van der Waals surface area contributed by atoms with Crippen LogP contribution in [0.15, 0.2) is 0 Å². The summed E-state index contributed by atoms with van der Waals surface area (Å²) in [6.45, 7) is 6.67. The summed E-state index contributed by atoms with van der Waals surface area (Å²) in [4.78, 5) is 0. The first kappa shape index (κ1) is 18.0. The molecule has 0 radical (unpaired) electrons. The van der Waals surface area contributed by atoms with E-state index in [0.717, 1.165) is 6.61 Å². The summed E-state index contributed by atoms with van der Waals surface area (Å²) < 4.78 is 6.00. The molecule has 120 valence electrons. The number of ether oxygens (including phenoxy) is 1. The zero-order valence-electron chi connectivity index (χ0n) is 14.0. The Hall–Kier alpha value is -0.0800. The highest BCUT2D eigenvalue weighted by atomic mass is 16.5. The van der Waals surface area contributed by atoms with Gasteiger partial charge in [-0.2, -0.15) is 0 Å². The second-order valence-corrected chi connectivity index (χ2v) is 6.48. The van der Waals surface area contributed by atoms with Crippen LogP contribution in [0.25, 0.3) is 0 Å². The lowest BCUT2D eigenvalue weighted by molar-refractivity contribution is 0.0107. The normalized spacial score (nSPS) is 23.1. The highest BCUT2D eigenvalue weighted by Gasteiger charge is 2.20. The van der Waals surface area contributed by atoms with E-state index in [0.29, 0.717) is 12.1 Å². The number of hydrogen-bond donors (Lipinski definition) is 1. The molecule has 1 aliphatic heterocycles. The van der Waals surface area contributed by atoms with Gasteiger partial charge in [0.2, 0.25) is 0 Å². The van der Waals surface area contributed by atoms with E-state index in [4.69, 9.17) is 4.74 Å². The number of rotatable bonds is 12. The van der Waals surface area contributed by atoms with Crippen LogP contribution in [0.5, 0.6) is 0 Å². The van der Waals surface area contributed by atoms with Crippen molar-refractivity contribution in [2.24, 2.45) is 0 Å². The number of nitrogens with one attached hydrogen (secondary N) is 1. The molecule has 1 saturated heterocycles. The van der Waals surface area contributed by atoms with E-state index in [9.17, 15) is 0 Å². The molecule has 0 aliphatic carbocycles. The summed E-state index contributed by atoms with van der Waals surface area (Å²) in [6, 6.07) is 0.548. The van der Waals surface area contributed by atoms with Gasteiger partial charge in [-0.05, 0) is 32.7 Å². The SMILES string of the molecule is CCCCCCCCCCCCOC1CCCNC1C. The second-order valence-electron chi connectivity index (χ2n) is 6.48. The van der Waals surface area contributed by atoms with Crippen molar-refractivity contribution in [3.8, 4) is 0 Å². The minimum Gasteiger partial charge on any atom is -0.377 e. The Labute approximate surface area is 127 Å². The molecule has 20 heavy (non-hydrogen) atoms. The van der Waals surface area contributed by atoms with Crippen molar-refractivity contribution in [1.82, 2.24) is 5.32 Å². The molecule has 0 aromatic carbocycles. The van der Waals surface area contributed by atoms with Crippen LogP contribution >= 0.6 is 0 Å².